The average Bonchev–Trinajstić information content (AvgIpc) is 2.68. The third kappa shape index (κ3) is 2.28. The normalized spacial score (nSPS) is 10.3. The van der Waals surface area contributed by atoms with Crippen LogP contribution >= 0.6 is 0 Å². The Morgan fingerprint density at radius 2 is 1.87 bits per heavy atom. The monoisotopic (exact) mass is 270 g/mol. The van der Waals surface area contributed by atoms with Crippen molar-refractivity contribution in [1.82, 2.24) is 4.98 Å². The van der Waals surface area contributed by atoms with E-state index in [4.69, 9.17) is 0 Å². The van der Waals surface area contributed by atoms with Gasteiger partial charge < -0.3 is 0 Å². The van der Waals surface area contributed by atoms with Gasteiger partial charge in [0.2, 0.25) is 0 Å². The summed E-state index contributed by atoms with van der Waals surface area (Å²) in [6.45, 7) is 0. The van der Waals surface area contributed by atoms with Crippen LogP contribution in [-0.4, -0.2) is 33.6 Å². The van der Waals surface area contributed by atoms with Crippen LogP contribution in [0.3, 0.4) is 0 Å². The summed E-state index contributed by atoms with van der Waals surface area (Å²) in [4.78, 5) is 8.64. The Balaban J connectivity index is 2.33. The maximum absolute atomic E-state index is 12.7. The van der Waals surface area contributed by atoms with Crippen LogP contribution in [0.15, 0.2) is 29.2 Å². The molecule has 0 radical (unpaired) electrons. The fourth-order valence-electron chi connectivity index (χ4n) is 1.22. The molecular weight excluding hydrogens is 258 g/mol. The molecule has 0 N–H and O–H groups in total. The molecule has 0 saturated carbocycles. The van der Waals surface area contributed by atoms with Crippen LogP contribution in [0.4, 0.5) is 9.08 Å². The molecule has 0 unspecified atom stereocenters. The van der Waals surface area contributed by atoms with Gasteiger partial charge in [0.05, 0.1) is 0 Å². The first-order valence-electron chi connectivity index (χ1n) is 4.55. The van der Waals surface area contributed by atoms with Crippen LogP contribution < -0.4 is 4.90 Å². The van der Waals surface area contributed by atoms with E-state index in [2.05, 4.69) is 9.92 Å². The molecular formula is C11H11FN2Se. The van der Waals surface area contributed by atoms with Gasteiger partial charge in [-0.2, -0.15) is 0 Å². The van der Waals surface area contributed by atoms with Crippen molar-refractivity contribution in [3.8, 4) is 11.3 Å². The standard InChI is InChI=1S/C11H11FN2Se/c1-14(2)11-13-10(7-15-11)8-3-5-9(12)6-4-8/h3-7H,1-2H3. The zero-order valence-corrected chi connectivity index (χ0v) is 10.3. The summed E-state index contributed by atoms with van der Waals surface area (Å²) in [5.74, 6) is -0.209. The number of rotatable bonds is 2. The van der Waals surface area contributed by atoms with E-state index in [1.54, 1.807) is 12.1 Å². The second-order valence-electron chi connectivity index (χ2n) is 3.42. The van der Waals surface area contributed by atoms with Gasteiger partial charge in [-0.15, -0.1) is 0 Å². The van der Waals surface area contributed by atoms with E-state index in [0.717, 1.165) is 15.9 Å². The van der Waals surface area contributed by atoms with E-state index in [0.29, 0.717) is 14.5 Å². The molecule has 2 aromatic rings. The van der Waals surface area contributed by atoms with E-state index >= 15 is 0 Å². The van der Waals surface area contributed by atoms with E-state index in [-0.39, 0.29) is 5.82 Å². The third-order valence-electron chi connectivity index (χ3n) is 2.01. The van der Waals surface area contributed by atoms with Crippen LogP contribution in [0, 0.1) is 5.82 Å². The molecule has 1 aromatic heterocycles. The van der Waals surface area contributed by atoms with E-state index < -0.39 is 0 Å². The summed E-state index contributed by atoms with van der Waals surface area (Å²) >= 11 is 0.299. The molecule has 0 saturated heterocycles. The Hall–Kier alpha value is -1.12. The van der Waals surface area contributed by atoms with Crippen molar-refractivity contribution in [1.29, 1.82) is 0 Å². The molecule has 0 bridgehead atoms. The Morgan fingerprint density at radius 3 is 2.40 bits per heavy atom. The van der Waals surface area contributed by atoms with Crippen molar-refractivity contribution in [3.63, 3.8) is 0 Å². The number of halogens is 1. The summed E-state index contributed by atoms with van der Waals surface area (Å²) in [6, 6.07) is 6.46. The van der Waals surface area contributed by atoms with Crippen molar-refractivity contribution in [3.05, 3.63) is 35.0 Å². The Bertz CT molecular complexity index is 448. The SMILES string of the molecule is CN(C)c1nc(-c2ccc(F)cc2)c[se]1. The van der Waals surface area contributed by atoms with Gasteiger partial charge in [0.1, 0.15) is 0 Å². The van der Waals surface area contributed by atoms with Crippen molar-refractivity contribution < 1.29 is 4.39 Å². The summed E-state index contributed by atoms with van der Waals surface area (Å²) in [6.07, 6.45) is 0. The number of anilines is 1. The molecule has 0 amide bonds. The molecule has 0 spiro atoms. The van der Waals surface area contributed by atoms with Gasteiger partial charge in [-0.05, 0) is 0 Å². The fraction of sp³-hybridized carbons (Fsp3) is 0.182. The van der Waals surface area contributed by atoms with Crippen molar-refractivity contribution >= 4 is 19.2 Å². The first-order chi connectivity index (χ1) is 7.16. The van der Waals surface area contributed by atoms with Gasteiger partial charge in [0.15, 0.2) is 0 Å². The zero-order valence-electron chi connectivity index (χ0n) is 8.57. The van der Waals surface area contributed by atoms with Gasteiger partial charge in [0, 0.05) is 0 Å². The van der Waals surface area contributed by atoms with Gasteiger partial charge >= 0.3 is 93.8 Å². The summed E-state index contributed by atoms with van der Waals surface area (Å²) < 4.78 is 13.8. The van der Waals surface area contributed by atoms with Gasteiger partial charge in [-0.25, -0.2) is 0 Å². The average molecular weight is 269 g/mol. The number of hydrogen-bond donors (Lipinski definition) is 0. The predicted octanol–water partition coefficient (Wildman–Crippen LogP) is 2.01. The van der Waals surface area contributed by atoms with Crippen LogP contribution in [0.25, 0.3) is 11.3 Å². The number of hydrogen-bond acceptors (Lipinski definition) is 2. The number of benzene rings is 1. The van der Waals surface area contributed by atoms with Crippen LogP contribution in [0.1, 0.15) is 0 Å². The molecule has 0 fully saturated rings. The molecule has 0 atom stereocenters. The Labute approximate surface area is 94.1 Å². The van der Waals surface area contributed by atoms with Crippen LogP contribution in [0.2, 0.25) is 0 Å². The van der Waals surface area contributed by atoms with Crippen molar-refractivity contribution in [2.24, 2.45) is 0 Å². The Morgan fingerprint density at radius 1 is 1.20 bits per heavy atom. The number of aromatic nitrogens is 1. The second kappa shape index (κ2) is 4.17. The third-order valence-corrected chi connectivity index (χ3v) is 4.13. The summed E-state index contributed by atoms with van der Waals surface area (Å²) in [5.41, 5.74) is 1.94. The van der Waals surface area contributed by atoms with E-state index in [1.165, 1.54) is 12.1 Å². The molecule has 0 aliphatic heterocycles. The molecule has 1 heterocycles. The molecule has 2 nitrogen and oxygen atoms in total. The molecule has 15 heavy (non-hydrogen) atoms. The van der Waals surface area contributed by atoms with Gasteiger partial charge in [-0.3, -0.25) is 0 Å². The van der Waals surface area contributed by atoms with Crippen molar-refractivity contribution in [2.75, 3.05) is 19.0 Å². The summed E-state index contributed by atoms with van der Waals surface area (Å²) in [7, 11) is 3.98. The Kier molecular flexibility index (Phi) is 2.89. The number of nitrogens with zero attached hydrogens (tertiary/aromatic N) is 2. The minimum atomic E-state index is -0.209. The fourth-order valence-corrected chi connectivity index (χ4v) is 2.83. The molecule has 78 valence electrons. The molecule has 0 aliphatic rings. The minimum absolute atomic E-state index is 0.209. The molecule has 4 heteroatoms. The predicted molar refractivity (Wildman–Crippen MR) is 60.9 cm³/mol. The summed E-state index contributed by atoms with van der Waals surface area (Å²) in [5, 5.41) is 0. The van der Waals surface area contributed by atoms with Crippen LogP contribution in [0.5, 0.6) is 0 Å². The first-order valence-corrected chi connectivity index (χ1v) is 6.40. The van der Waals surface area contributed by atoms with E-state index in [9.17, 15) is 4.39 Å². The second-order valence-corrected chi connectivity index (χ2v) is 5.17. The van der Waals surface area contributed by atoms with Crippen molar-refractivity contribution in [2.45, 2.75) is 0 Å². The molecule has 2 rings (SSSR count). The maximum atomic E-state index is 12.7. The van der Waals surface area contributed by atoms with Gasteiger partial charge in [0.25, 0.3) is 0 Å². The van der Waals surface area contributed by atoms with Gasteiger partial charge in [-0.1, -0.05) is 0 Å². The first kappa shape index (κ1) is 10.4. The van der Waals surface area contributed by atoms with E-state index in [1.807, 2.05) is 19.0 Å². The van der Waals surface area contributed by atoms with Crippen LogP contribution in [-0.2, 0) is 0 Å². The molecule has 1 aromatic carbocycles. The quantitative estimate of drug-likeness (QED) is 0.775. The molecule has 0 aliphatic carbocycles. The topological polar surface area (TPSA) is 16.1 Å². The zero-order chi connectivity index (χ0) is 10.8.